The molecule has 0 aromatic rings. The quantitative estimate of drug-likeness (QED) is 0.0471. The number of phosphoric acid groups is 1. The maximum absolute atomic E-state index is 12.1. The van der Waals surface area contributed by atoms with E-state index in [9.17, 15) is 34.1 Å². The Hall–Kier alpha value is -1.78. The molecule has 11 nitrogen and oxygen atoms in total. The van der Waals surface area contributed by atoms with Gasteiger partial charge in [0.05, 0.1) is 13.2 Å². The first-order chi connectivity index (χ1) is 18.6. The number of carboxylic acid groups (broad SMARTS) is 1. The Morgan fingerprint density at radius 2 is 1.36 bits per heavy atom. The van der Waals surface area contributed by atoms with Crippen LogP contribution >= 0.6 is 7.82 Å². The smallest absolute Gasteiger partial charge is 0.472 e. The molecule has 0 spiro atoms. The van der Waals surface area contributed by atoms with Crippen LogP contribution < -0.4 is 5.32 Å². The fraction of sp³-hybridized carbons (Fsp3) is 0.815. The van der Waals surface area contributed by atoms with Crippen LogP contribution in [0.2, 0.25) is 0 Å². The number of allylic oxidation sites excluding steroid dienone is 2. The van der Waals surface area contributed by atoms with Gasteiger partial charge in [-0.2, -0.15) is 0 Å². The molecule has 4 N–H and O–H groups in total. The molecule has 228 valence electrons. The molecular weight excluding hydrogens is 529 g/mol. The number of carboxylic acids is 1. The normalized spacial score (nSPS) is 14.6. The zero-order chi connectivity index (χ0) is 29.4. The molecule has 0 aliphatic carbocycles. The van der Waals surface area contributed by atoms with Gasteiger partial charge in [0.1, 0.15) is 12.7 Å². The Morgan fingerprint density at radius 3 is 1.92 bits per heavy atom. The molecule has 0 radical (unpaired) electrons. The molecular formula is C27H50NO10P. The van der Waals surface area contributed by atoms with Crippen molar-refractivity contribution in [2.45, 2.75) is 122 Å². The molecule has 0 fully saturated rings. The van der Waals surface area contributed by atoms with Crippen molar-refractivity contribution in [3.63, 3.8) is 0 Å². The maximum Gasteiger partial charge on any atom is 0.472 e. The largest absolute Gasteiger partial charge is 0.480 e. The fourth-order valence-corrected chi connectivity index (χ4v) is 4.30. The average molecular weight is 580 g/mol. The highest BCUT2D eigenvalue weighted by Gasteiger charge is 2.28. The van der Waals surface area contributed by atoms with Crippen LogP contribution in [0.5, 0.6) is 0 Å². The summed E-state index contributed by atoms with van der Waals surface area (Å²) in [7, 11) is -4.71. The van der Waals surface area contributed by atoms with Crippen LogP contribution in [0.4, 0.5) is 0 Å². The Balaban J connectivity index is 3.98. The topological polar surface area (TPSA) is 169 Å². The number of hydrogen-bond acceptors (Lipinski definition) is 8. The Bertz CT molecular complexity index is 746. The van der Waals surface area contributed by atoms with E-state index in [1.165, 1.54) is 38.5 Å². The molecule has 0 aliphatic rings. The number of rotatable bonds is 26. The number of carbonyl (C=O) groups excluding carboxylic acids is 2. The third-order valence-corrected chi connectivity index (χ3v) is 6.81. The molecule has 3 unspecified atom stereocenters. The zero-order valence-electron chi connectivity index (χ0n) is 23.7. The molecule has 0 saturated carbocycles. The minimum absolute atomic E-state index is 0.106. The molecule has 3 atom stereocenters. The second-order valence-corrected chi connectivity index (χ2v) is 11.0. The van der Waals surface area contributed by atoms with Gasteiger partial charge >= 0.3 is 19.8 Å². The minimum Gasteiger partial charge on any atom is -0.480 e. The molecule has 0 saturated heterocycles. The summed E-state index contributed by atoms with van der Waals surface area (Å²) in [4.78, 5) is 44.3. The van der Waals surface area contributed by atoms with Crippen LogP contribution in [0.1, 0.15) is 110 Å². The number of carbonyl (C=O) groups is 3. The van der Waals surface area contributed by atoms with Crippen LogP contribution in [0.3, 0.4) is 0 Å². The monoisotopic (exact) mass is 579 g/mol. The van der Waals surface area contributed by atoms with E-state index in [1.54, 1.807) is 6.92 Å². The average Bonchev–Trinajstić information content (AvgIpc) is 2.90. The van der Waals surface area contributed by atoms with Crippen molar-refractivity contribution in [2.75, 3.05) is 19.8 Å². The van der Waals surface area contributed by atoms with E-state index in [-0.39, 0.29) is 12.8 Å². The Kier molecular flexibility index (Phi) is 23.0. The summed E-state index contributed by atoms with van der Waals surface area (Å²) in [5.74, 6) is -2.48. The number of esters is 1. The van der Waals surface area contributed by atoms with Crippen LogP contribution in [-0.4, -0.2) is 64.9 Å². The number of aliphatic hydroxyl groups excluding tert-OH is 1. The number of nitrogens with one attached hydrogen (secondary N) is 1. The lowest BCUT2D eigenvalue weighted by molar-refractivity contribution is -0.146. The predicted octanol–water partition coefficient (Wildman–Crippen LogP) is 5.04. The summed E-state index contributed by atoms with van der Waals surface area (Å²) < 4.78 is 25.9. The molecule has 39 heavy (non-hydrogen) atoms. The standard InChI is InChI=1S/C27H50NO10P/c1-3-5-6-7-8-9-10-11-12-13-14-15-16-17-18-19-25(30)28-24(27(32)33)22-38-39(34,35)37-21-23(29)20-36-26(31)4-2/h11-12,23-24,29H,3-10,13-22H2,1-2H3,(H,28,30)(H,32,33)(H,34,35)/b12-11-. The van der Waals surface area contributed by atoms with E-state index in [0.717, 1.165) is 38.5 Å². The van der Waals surface area contributed by atoms with Crippen molar-refractivity contribution in [3.05, 3.63) is 12.2 Å². The van der Waals surface area contributed by atoms with Gasteiger partial charge in [-0.15, -0.1) is 0 Å². The molecule has 0 aliphatic heterocycles. The first kappa shape index (κ1) is 37.2. The molecule has 12 heteroatoms. The van der Waals surface area contributed by atoms with Gasteiger partial charge < -0.3 is 25.2 Å². The van der Waals surface area contributed by atoms with Gasteiger partial charge in [-0.25, -0.2) is 9.36 Å². The number of aliphatic hydroxyl groups is 1. The Morgan fingerprint density at radius 1 is 0.821 bits per heavy atom. The van der Waals surface area contributed by atoms with Crippen LogP contribution in [0.25, 0.3) is 0 Å². The van der Waals surface area contributed by atoms with Gasteiger partial charge in [0.25, 0.3) is 0 Å². The van der Waals surface area contributed by atoms with Gasteiger partial charge in [-0.3, -0.25) is 18.6 Å². The molecule has 1 amide bonds. The second-order valence-electron chi connectivity index (χ2n) is 9.54. The number of ether oxygens (including phenoxy) is 1. The van der Waals surface area contributed by atoms with Gasteiger partial charge in [0.15, 0.2) is 6.04 Å². The number of unbranched alkanes of at least 4 members (excludes halogenated alkanes) is 11. The molecule has 0 rings (SSSR count). The highest BCUT2D eigenvalue weighted by Crippen LogP contribution is 2.43. The zero-order valence-corrected chi connectivity index (χ0v) is 24.6. The van der Waals surface area contributed by atoms with E-state index in [2.05, 4.69) is 38.2 Å². The minimum atomic E-state index is -4.71. The number of aliphatic carboxylic acids is 1. The highest BCUT2D eigenvalue weighted by atomic mass is 31.2. The van der Waals surface area contributed by atoms with Crippen molar-refractivity contribution >= 4 is 25.7 Å². The molecule has 0 aromatic carbocycles. The van der Waals surface area contributed by atoms with Crippen molar-refractivity contribution in [3.8, 4) is 0 Å². The number of hydrogen-bond donors (Lipinski definition) is 4. The van der Waals surface area contributed by atoms with E-state index in [0.29, 0.717) is 6.42 Å². The molecule has 0 aromatic heterocycles. The van der Waals surface area contributed by atoms with E-state index in [1.807, 2.05) is 0 Å². The first-order valence-corrected chi connectivity index (χ1v) is 15.7. The lowest BCUT2D eigenvalue weighted by atomic mass is 10.1. The fourth-order valence-electron chi connectivity index (χ4n) is 3.52. The van der Waals surface area contributed by atoms with Gasteiger partial charge in [-0.1, -0.05) is 77.4 Å². The SMILES string of the molecule is CCCCCCCC/C=C\CCCCCCCC(=O)NC(COP(=O)(O)OCC(O)COC(=O)CC)C(=O)O. The number of amides is 1. The molecule has 0 bridgehead atoms. The summed E-state index contributed by atoms with van der Waals surface area (Å²) in [5.41, 5.74) is 0. The summed E-state index contributed by atoms with van der Waals surface area (Å²) in [6.45, 7) is 1.88. The van der Waals surface area contributed by atoms with Crippen molar-refractivity contribution < 1.29 is 47.8 Å². The van der Waals surface area contributed by atoms with Crippen LogP contribution in [0.15, 0.2) is 12.2 Å². The predicted molar refractivity (Wildman–Crippen MR) is 148 cm³/mol. The molecule has 0 heterocycles. The third kappa shape index (κ3) is 23.8. The summed E-state index contributed by atoms with van der Waals surface area (Å²) in [5, 5.41) is 21.2. The van der Waals surface area contributed by atoms with E-state index < -0.39 is 57.6 Å². The lowest BCUT2D eigenvalue weighted by Gasteiger charge is -2.18. The highest BCUT2D eigenvalue weighted by molar-refractivity contribution is 7.47. The number of phosphoric ester groups is 1. The summed E-state index contributed by atoms with van der Waals surface area (Å²) in [6, 6.07) is -1.54. The van der Waals surface area contributed by atoms with Crippen molar-refractivity contribution in [2.24, 2.45) is 0 Å². The Labute approximate surface area is 233 Å². The summed E-state index contributed by atoms with van der Waals surface area (Å²) >= 11 is 0. The first-order valence-electron chi connectivity index (χ1n) is 14.2. The van der Waals surface area contributed by atoms with Crippen molar-refractivity contribution in [1.29, 1.82) is 0 Å². The van der Waals surface area contributed by atoms with Gasteiger partial charge in [-0.05, 0) is 32.1 Å². The maximum atomic E-state index is 12.1. The van der Waals surface area contributed by atoms with Crippen LogP contribution in [0, 0.1) is 0 Å². The van der Waals surface area contributed by atoms with Crippen molar-refractivity contribution in [1.82, 2.24) is 5.32 Å². The van der Waals surface area contributed by atoms with Gasteiger partial charge in [0, 0.05) is 12.8 Å². The van der Waals surface area contributed by atoms with Gasteiger partial charge in [0.2, 0.25) is 5.91 Å². The summed E-state index contributed by atoms with van der Waals surface area (Å²) in [6.07, 6.45) is 18.0. The van der Waals surface area contributed by atoms with E-state index >= 15 is 0 Å². The third-order valence-electron chi connectivity index (χ3n) is 5.86. The van der Waals surface area contributed by atoms with E-state index in [4.69, 9.17) is 0 Å². The van der Waals surface area contributed by atoms with Crippen LogP contribution in [-0.2, 0) is 32.7 Å². The lowest BCUT2D eigenvalue weighted by Crippen LogP contribution is -2.43. The second kappa shape index (κ2) is 24.1.